The minimum absolute atomic E-state index is 0.0498. The second kappa shape index (κ2) is 5.06. The number of rotatable bonds is 3. The third kappa shape index (κ3) is 2.53. The number of hydrogen-bond donors (Lipinski definition) is 1. The maximum absolute atomic E-state index is 13.5. The number of nitrogens with one attached hydrogen (secondary N) is 1. The molecule has 2 aromatic rings. The van der Waals surface area contributed by atoms with Crippen molar-refractivity contribution in [3.63, 3.8) is 0 Å². The highest BCUT2D eigenvalue weighted by Gasteiger charge is 2.14. The van der Waals surface area contributed by atoms with Gasteiger partial charge in [-0.15, -0.1) is 11.3 Å². The summed E-state index contributed by atoms with van der Waals surface area (Å²) in [6, 6.07) is 6.19. The summed E-state index contributed by atoms with van der Waals surface area (Å²) in [7, 11) is 0. The number of aryl methyl sites for hydroxylation is 2. The first-order valence-electron chi connectivity index (χ1n) is 5.76. The molecular formula is C14H15F2NS. The van der Waals surface area contributed by atoms with Crippen LogP contribution in [0, 0.1) is 25.5 Å². The number of hydrogen-bond acceptors (Lipinski definition) is 2. The summed E-state index contributed by atoms with van der Waals surface area (Å²) in [6.07, 6.45) is 0. The molecule has 1 heterocycles. The summed E-state index contributed by atoms with van der Waals surface area (Å²) in [6.45, 7) is 6.02. The average molecular weight is 267 g/mol. The summed E-state index contributed by atoms with van der Waals surface area (Å²) in [5.41, 5.74) is 1.33. The summed E-state index contributed by atoms with van der Waals surface area (Å²) in [5, 5.41) is 3.01. The fourth-order valence-corrected chi connectivity index (χ4v) is 3.03. The third-order valence-corrected chi connectivity index (χ3v) is 3.85. The average Bonchev–Trinajstić information content (AvgIpc) is 2.64. The Morgan fingerprint density at radius 3 is 2.56 bits per heavy atom. The van der Waals surface area contributed by atoms with Gasteiger partial charge in [0, 0.05) is 15.8 Å². The molecule has 1 unspecified atom stereocenters. The van der Waals surface area contributed by atoms with Crippen LogP contribution in [0.25, 0.3) is 0 Å². The molecule has 0 aliphatic rings. The Hall–Kier alpha value is -1.42. The van der Waals surface area contributed by atoms with E-state index in [-0.39, 0.29) is 11.7 Å². The lowest BCUT2D eigenvalue weighted by Crippen LogP contribution is -2.08. The highest BCUT2D eigenvalue weighted by molar-refractivity contribution is 7.12. The third-order valence-electron chi connectivity index (χ3n) is 2.87. The molecule has 18 heavy (non-hydrogen) atoms. The van der Waals surface area contributed by atoms with Crippen LogP contribution in [0.1, 0.15) is 28.3 Å². The van der Waals surface area contributed by atoms with Gasteiger partial charge in [-0.05, 0) is 44.5 Å². The number of anilines is 1. The van der Waals surface area contributed by atoms with Crippen molar-refractivity contribution in [1.82, 2.24) is 0 Å². The second-order valence-electron chi connectivity index (χ2n) is 4.34. The first-order valence-corrected chi connectivity index (χ1v) is 6.58. The van der Waals surface area contributed by atoms with Gasteiger partial charge in [-0.2, -0.15) is 0 Å². The molecule has 2 rings (SSSR count). The van der Waals surface area contributed by atoms with E-state index in [4.69, 9.17) is 0 Å². The zero-order valence-electron chi connectivity index (χ0n) is 10.6. The topological polar surface area (TPSA) is 12.0 Å². The quantitative estimate of drug-likeness (QED) is 0.841. The van der Waals surface area contributed by atoms with Crippen molar-refractivity contribution in [3.05, 3.63) is 51.2 Å². The van der Waals surface area contributed by atoms with Crippen LogP contribution in [0.15, 0.2) is 24.3 Å². The molecule has 0 aliphatic carbocycles. The molecule has 0 aliphatic heterocycles. The highest BCUT2D eigenvalue weighted by atomic mass is 32.1. The van der Waals surface area contributed by atoms with Crippen molar-refractivity contribution in [2.24, 2.45) is 0 Å². The highest BCUT2D eigenvalue weighted by Crippen LogP contribution is 2.29. The predicted molar refractivity (Wildman–Crippen MR) is 72.2 cm³/mol. The van der Waals surface area contributed by atoms with Crippen LogP contribution in [-0.2, 0) is 0 Å². The zero-order valence-corrected chi connectivity index (χ0v) is 11.4. The van der Waals surface area contributed by atoms with E-state index >= 15 is 0 Å². The molecule has 1 atom stereocenters. The summed E-state index contributed by atoms with van der Waals surface area (Å²) in [5.74, 6) is -1.65. The lowest BCUT2D eigenvalue weighted by atomic mass is 10.1. The maximum atomic E-state index is 13.5. The van der Waals surface area contributed by atoms with Crippen LogP contribution in [0.5, 0.6) is 0 Å². The Morgan fingerprint density at radius 2 is 1.94 bits per heavy atom. The largest absolute Gasteiger partial charge is 0.376 e. The molecule has 0 radical (unpaired) electrons. The normalized spacial score (nSPS) is 12.5. The molecule has 0 fully saturated rings. The van der Waals surface area contributed by atoms with Gasteiger partial charge in [0.1, 0.15) is 0 Å². The Morgan fingerprint density at radius 1 is 1.22 bits per heavy atom. The second-order valence-corrected chi connectivity index (χ2v) is 5.80. The Kier molecular flexibility index (Phi) is 3.66. The first kappa shape index (κ1) is 13.0. The Bertz CT molecular complexity index is 563. The van der Waals surface area contributed by atoms with Gasteiger partial charge >= 0.3 is 0 Å². The van der Waals surface area contributed by atoms with E-state index in [0.717, 1.165) is 11.6 Å². The maximum Gasteiger partial charge on any atom is 0.181 e. The molecular weight excluding hydrogens is 252 g/mol. The first-order chi connectivity index (χ1) is 8.49. The van der Waals surface area contributed by atoms with Crippen molar-refractivity contribution in [3.8, 4) is 0 Å². The smallest absolute Gasteiger partial charge is 0.181 e. The van der Waals surface area contributed by atoms with Gasteiger partial charge in [0.25, 0.3) is 0 Å². The van der Waals surface area contributed by atoms with E-state index in [1.54, 1.807) is 17.4 Å². The fourth-order valence-electron chi connectivity index (χ4n) is 2.01. The van der Waals surface area contributed by atoms with Crippen molar-refractivity contribution in [2.45, 2.75) is 26.8 Å². The van der Waals surface area contributed by atoms with Crippen molar-refractivity contribution >= 4 is 17.0 Å². The van der Waals surface area contributed by atoms with E-state index in [2.05, 4.69) is 11.4 Å². The fraction of sp³-hybridized carbons (Fsp3) is 0.286. The van der Waals surface area contributed by atoms with E-state index < -0.39 is 11.6 Å². The van der Waals surface area contributed by atoms with E-state index in [0.29, 0.717) is 0 Å². The molecule has 1 N–H and O–H groups in total. The molecule has 0 saturated heterocycles. The van der Waals surface area contributed by atoms with Gasteiger partial charge in [-0.3, -0.25) is 0 Å². The molecule has 4 heteroatoms. The van der Waals surface area contributed by atoms with Crippen LogP contribution in [-0.4, -0.2) is 0 Å². The molecule has 1 aromatic carbocycles. The molecule has 1 aromatic heterocycles. The van der Waals surface area contributed by atoms with Crippen LogP contribution >= 0.6 is 11.3 Å². The van der Waals surface area contributed by atoms with Gasteiger partial charge in [0.05, 0.1) is 5.69 Å². The lowest BCUT2D eigenvalue weighted by Gasteiger charge is -2.16. The van der Waals surface area contributed by atoms with Gasteiger partial charge in [-0.25, -0.2) is 8.78 Å². The number of thiophene rings is 1. The van der Waals surface area contributed by atoms with E-state index in [1.807, 2.05) is 20.8 Å². The SMILES string of the molecule is Cc1cc(C(C)Nc2cccc(F)c2F)c(C)s1. The molecule has 0 saturated carbocycles. The van der Waals surface area contributed by atoms with Gasteiger partial charge in [0.2, 0.25) is 0 Å². The summed E-state index contributed by atoms with van der Waals surface area (Å²) < 4.78 is 26.7. The summed E-state index contributed by atoms with van der Waals surface area (Å²) in [4.78, 5) is 2.42. The standard InChI is InChI=1S/C14H15F2NS/c1-8-7-11(10(3)18-8)9(2)17-13-6-4-5-12(15)14(13)16/h4-7,9,17H,1-3H3. The minimum Gasteiger partial charge on any atom is -0.376 e. The minimum atomic E-state index is -0.828. The molecule has 0 bridgehead atoms. The lowest BCUT2D eigenvalue weighted by molar-refractivity contribution is 0.510. The van der Waals surface area contributed by atoms with Crippen molar-refractivity contribution in [1.29, 1.82) is 0 Å². The predicted octanol–water partition coefficient (Wildman–Crippen LogP) is 4.82. The Labute approximate surface area is 109 Å². The van der Waals surface area contributed by atoms with Gasteiger partial charge in [0.15, 0.2) is 11.6 Å². The number of benzene rings is 1. The Balaban J connectivity index is 2.24. The van der Waals surface area contributed by atoms with Crippen LogP contribution in [0.3, 0.4) is 0 Å². The summed E-state index contributed by atoms with van der Waals surface area (Å²) >= 11 is 1.71. The van der Waals surface area contributed by atoms with Crippen molar-refractivity contribution in [2.75, 3.05) is 5.32 Å². The zero-order chi connectivity index (χ0) is 13.3. The van der Waals surface area contributed by atoms with Crippen LogP contribution < -0.4 is 5.32 Å². The number of halogens is 2. The van der Waals surface area contributed by atoms with E-state index in [1.165, 1.54) is 15.8 Å². The van der Waals surface area contributed by atoms with Crippen LogP contribution in [0.4, 0.5) is 14.5 Å². The molecule has 96 valence electrons. The van der Waals surface area contributed by atoms with Crippen LogP contribution in [0.2, 0.25) is 0 Å². The van der Waals surface area contributed by atoms with Gasteiger partial charge in [-0.1, -0.05) is 6.07 Å². The van der Waals surface area contributed by atoms with Crippen molar-refractivity contribution < 1.29 is 8.78 Å². The monoisotopic (exact) mass is 267 g/mol. The van der Waals surface area contributed by atoms with E-state index in [9.17, 15) is 8.78 Å². The molecule has 1 nitrogen and oxygen atoms in total. The molecule has 0 spiro atoms. The molecule has 0 amide bonds. The van der Waals surface area contributed by atoms with Gasteiger partial charge < -0.3 is 5.32 Å².